The lowest BCUT2D eigenvalue weighted by molar-refractivity contribution is 0.370. The molecule has 0 aliphatic carbocycles. The molecule has 2 rings (SSSR count). The largest absolute Gasteiger partial charge is 0.276 e. The van der Waals surface area contributed by atoms with Crippen LogP contribution < -0.4 is 0 Å². The average molecular weight is 291 g/mol. The summed E-state index contributed by atoms with van der Waals surface area (Å²) in [6.45, 7) is 11.3. The van der Waals surface area contributed by atoms with E-state index >= 15 is 0 Å². The second kappa shape index (κ2) is 5.32. The van der Waals surface area contributed by atoms with Gasteiger partial charge in [0.1, 0.15) is 0 Å². The second-order valence-corrected chi connectivity index (χ2v) is 7.78. The minimum Gasteiger partial charge on any atom is -0.276 e. The standard InChI is InChI=1S/C16H25N3S/c1-12-11-14(20-18-12)16(4,5)9-8-15(2,3)13-7-10-19(6)17-13/h7,10-11H,8-9H2,1-6H3. The maximum Gasteiger partial charge on any atom is 0.0680 e. The zero-order valence-electron chi connectivity index (χ0n) is 13.4. The fraction of sp³-hybridized carbons (Fsp3) is 0.625. The number of nitrogens with zero attached hydrogens (tertiary/aromatic N) is 3. The van der Waals surface area contributed by atoms with E-state index < -0.39 is 0 Å². The Bertz CT molecular complexity index is 526. The van der Waals surface area contributed by atoms with Crippen LogP contribution in [0, 0.1) is 6.92 Å². The first kappa shape index (κ1) is 15.2. The Kier molecular flexibility index (Phi) is 4.05. The highest BCUT2D eigenvalue weighted by Gasteiger charge is 2.29. The van der Waals surface area contributed by atoms with Gasteiger partial charge in [0.05, 0.1) is 11.4 Å². The molecule has 0 bridgehead atoms. The predicted octanol–water partition coefficient (Wildman–Crippen LogP) is 4.22. The first-order valence-corrected chi connectivity index (χ1v) is 7.92. The molecule has 0 unspecified atom stereocenters. The van der Waals surface area contributed by atoms with E-state index in [0.717, 1.165) is 18.5 Å². The van der Waals surface area contributed by atoms with Gasteiger partial charge in [-0.15, -0.1) is 0 Å². The van der Waals surface area contributed by atoms with Gasteiger partial charge in [0.25, 0.3) is 0 Å². The summed E-state index contributed by atoms with van der Waals surface area (Å²) in [5.41, 5.74) is 2.59. The molecule has 3 nitrogen and oxygen atoms in total. The van der Waals surface area contributed by atoms with E-state index in [4.69, 9.17) is 0 Å². The Labute approximate surface area is 126 Å². The normalized spacial score (nSPS) is 12.9. The third-order valence-electron chi connectivity index (χ3n) is 4.08. The Morgan fingerprint density at radius 2 is 1.80 bits per heavy atom. The number of aromatic nitrogens is 3. The van der Waals surface area contributed by atoms with Crippen LogP contribution in [-0.2, 0) is 17.9 Å². The molecule has 2 heterocycles. The summed E-state index contributed by atoms with van der Waals surface area (Å²) in [5, 5.41) is 4.57. The molecule has 4 heteroatoms. The summed E-state index contributed by atoms with van der Waals surface area (Å²) in [7, 11) is 1.98. The molecule has 0 radical (unpaired) electrons. The third kappa shape index (κ3) is 3.29. The Hall–Kier alpha value is -1.16. The van der Waals surface area contributed by atoms with Gasteiger partial charge in [0, 0.05) is 29.0 Å². The van der Waals surface area contributed by atoms with Crippen molar-refractivity contribution in [3.8, 4) is 0 Å². The molecular weight excluding hydrogens is 266 g/mol. The molecule has 110 valence electrons. The summed E-state index contributed by atoms with van der Waals surface area (Å²) >= 11 is 1.64. The van der Waals surface area contributed by atoms with Gasteiger partial charge in [0.15, 0.2) is 0 Å². The highest BCUT2D eigenvalue weighted by molar-refractivity contribution is 7.06. The van der Waals surface area contributed by atoms with Gasteiger partial charge >= 0.3 is 0 Å². The van der Waals surface area contributed by atoms with Gasteiger partial charge in [-0.25, -0.2) is 0 Å². The fourth-order valence-corrected chi connectivity index (χ4v) is 3.20. The summed E-state index contributed by atoms with van der Waals surface area (Å²) < 4.78 is 6.30. The molecule has 2 aromatic rings. The van der Waals surface area contributed by atoms with Crippen molar-refractivity contribution in [2.75, 3.05) is 0 Å². The van der Waals surface area contributed by atoms with Crippen molar-refractivity contribution in [1.82, 2.24) is 14.2 Å². The highest BCUT2D eigenvalue weighted by atomic mass is 32.1. The molecule has 0 aliphatic heterocycles. The van der Waals surface area contributed by atoms with E-state index in [1.54, 1.807) is 11.5 Å². The molecule has 0 saturated heterocycles. The predicted molar refractivity (Wildman–Crippen MR) is 85.3 cm³/mol. The minimum absolute atomic E-state index is 0.109. The smallest absolute Gasteiger partial charge is 0.0680 e. The van der Waals surface area contributed by atoms with Crippen molar-refractivity contribution in [2.24, 2.45) is 7.05 Å². The molecule has 0 amide bonds. The zero-order chi connectivity index (χ0) is 15.0. The van der Waals surface area contributed by atoms with Crippen LogP contribution >= 0.6 is 11.5 Å². The van der Waals surface area contributed by atoms with Crippen LogP contribution in [0.4, 0.5) is 0 Å². The summed E-state index contributed by atoms with van der Waals surface area (Å²) in [6, 6.07) is 4.35. The Morgan fingerprint density at radius 3 is 2.30 bits per heavy atom. The third-order valence-corrected chi connectivity index (χ3v) is 5.32. The monoisotopic (exact) mass is 291 g/mol. The van der Waals surface area contributed by atoms with E-state index in [2.05, 4.69) is 56.2 Å². The van der Waals surface area contributed by atoms with Crippen LogP contribution in [0.1, 0.15) is 56.8 Å². The SMILES string of the molecule is Cc1cc(C(C)(C)CCC(C)(C)c2ccn(C)n2)sn1. The van der Waals surface area contributed by atoms with Crippen molar-refractivity contribution in [3.05, 3.63) is 34.6 Å². The quantitative estimate of drug-likeness (QED) is 0.825. The van der Waals surface area contributed by atoms with Crippen LogP contribution in [0.3, 0.4) is 0 Å². The molecule has 0 spiro atoms. The maximum absolute atomic E-state index is 4.57. The highest BCUT2D eigenvalue weighted by Crippen LogP contribution is 2.36. The molecule has 20 heavy (non-hydrogen) atoms. The summed E-state index contributed by atoms with van der Waals surface area (Å²) in [4.78, 5) is 1.38. The van der Waals surface area contributed by atoms with Crippen molar-refractivity contribution < 1.29 is 0 Å². The molecule has 0 atom stereocenters. The van der Waals surface area contributed by atoms with Gasteiger partial charge in [0.2, 0.25) is 0 Å². The maximum atomic E-state index is 4.57. The minimum atomic E-state index is 0.109. The molecule has 2 aromatic heterocycles. The summed E-state index contributed by atoms with van der Waals surface area (Å²) in [6.07, 6.45) is 4.28. The Balaban J connectivity index is 2.07. The number of hydrogen-bond acceptors (Lipinski definition) is 3. The van der Waals surface area contributed by atoms with Crippen LogP contribution in [0.25, 0.3) is 0 Å². The lowest BCUT2D eigenvalue weighted by Crippen LogP contribution is -2.24. The van der Waals surface area contributed by atoms with Crippen molar-refractivity contribution in [2.45, 2.75) is 58.3 Å². The fourth-order valence-electron chi connectivity index (χ4n) is 2.33. The first-order chi connectivity index (χ1) is 9.21. The van der Waals surface area contributed by atoms with Gasteiger partial charge < -0.3 is 0 Å². The van der Waals surface area contributed by atoms with Gasteiger partial charge in [-0.2, -0.15) is 9.47 Å². The van der Waals surface area contributed by atoms with Gasteiger partial charge in [-0.05, 0) is 43.4 Å². The molecule has 0 aromatic carbocycles. The van der Waals surface area contributed by atoms with Crippen molar-refractivity contribution >= 4 is 11.5 Å². The first-order valence-electron chi connectivity index (χ1n) is 7.15. The van der Waals surface area contributed by atoms with E-state index in [1.807, 2.05) is 17.9 Å². The average Bonchev–Trinajstić information content (AvgIpc) is 2.96. The van der Waals surface area contributed by atoms with Gasteiger partial charge in [-0.1, -0.05) is 27.7 Å². The second-order valence-electron chi connectivity index (χ2n) is 6.97. The molecule has 0 aliphatic rings. The molecular formula is C16H25N3S. The van der Waals surface area contributed by atoms with E-state index in [1.165, 1.54) is 10.6 Å². The number of rotatable bonds is 5. The lowest BCUT2D eigenvalue weighted by Gasteiger charge is -2.29. The lowest BCUT2D eigenvalue weighted by atomic mass is 9.76. The number of hydrogen-bond donors (Lipinski definition) is 0. The van der Waals surface area contributed by atoms with Crippen molar-refractivity contribution in [3.63, 3.8) is 0 Å². The Morgan fingerprint density at radius 1 is 1.15 bits per heavy atom. The van der Waals surface area contributed by atoms with Crippen LogP contribution in [0.2, 0.25) is 0 Å². The van der Waals surface area contributed by atoms with Crippen LogP contribution in [0.15, 0.2) is 18.3 Å². The van der Waals surface area contributed by atoms with Crippen LogP contribution in [-0.4, -0.2) is 14.2 Å². The summed E-state index contributed by atoms with van der Waals surface area (Å²) in [5.74, 6) is 0. The van der Waals surface area contributed by atoms with Gasteiger partial charge in [-0.3, -0.25) is 4.68 Å². The molecule has 0 N–H and O–H groups in total. The van der Waals surface area contributed by atoms with E-state index in [0.29, 0.717) is 0 Å². The van der Waals surface area contributed by atoms with Crippen molar-refractivity contribution in [1.29, 1.82) is 0 Å². The number of aryl methyl sites for hydroxylation is 2. The van der Waals surface area contributed by atoms with E-state index in [9.17, 15) is 0 Å². The topological polar surface area (TPSA) is 30.7 Å². The van der Waals surface area contributed by atoms with E-state index in [-0.39, 0.29) is 10.8 Å². The molecule has 0 fully saturated rings. The zero-order valence-corrected chi connectivity index (χ0v) is 14.2. The van der Waals surface area contributed by atoms with Crippen LogP contribution in [0.5, 0.6) is 0 Å². The molecule has 0 saturated carbocycles.